The highest BCUT2D eigenvalue weighted by Crippen LogP contribution is 2.23. The van der Waals surface area contributed by atoms with Crippen LogP contribution < -0.4 is 0 Å². The molecule has 2 aromatic carbocycles. The van der Waals surface area contributed by atoms with Crippen molar-refractivity contribution in [3.05, 3.63) is 71.4 Å². The minimum Gasteiger partial charge on any atom is -0.298 e. The van der Waals surface area contributed by atoms with Gasteiger partial charge in [0.1, 0.15) is 11.8 Å². The van der Waals surface area contributed by atoms with Gasteiger partial charge in [0.25, 0.3) is 0 Å². The quantitative estimate of drug-likeness (QED) is 0.456. The van der Waals surface area contributed by atoms with Crippen LogP contribution in [-0.4, -0.2) is 21.7 Å². The van der Waals surface area contributed by atoms with E-state index in [-0.39, 0.29) is 5.69 Å². The van der Waals surface area contributed by atoms with Gasteiger partial charge in [0.2, 0.25) is 0 Å². The predicted octanol–water partition coefficient (Wildman–Crippen LogP) is 3.08. The van der Waals surface area contributed by atoms with Gasteiger partial charge in [0, 0.05) is 11.1 Å². The molecular weight excluding hydrogens is 288 g/mol. The van der Waals surface area contributed by atoms with E-state index in [0.717, 1.165) is 23.0 Å². The van der Waals surface area contributed by atoms with Crippen LogP contribution >= 0.6 is 0 Å². The molecule has 0 atom stereocenters. The second kappa shape index (κ2) is 6.50. The molecule has 1 N–H and O–H groups in total. The number of hydrogen-bond acceptors (Lipinski definition) is 4. The fraction of sp³-hybridized carbons (Fsp3) is 0. The number of aromatic amines is 1. The van der Waals surface area contributed by atoms with Crippen LogP contribution in [0.5, 0.6) is 0 Å². The Balaban J connectivity index is 1.94. The summed E-state index contributed by atoms with van der Waals surface area (Å²) in [5.41, 5.74) is 3.96. The van der Waals surface area contributed by atoms with Gasteiger partial charge >= 0.3 is 0 Å². The first-order valence-corrected chi connectivity index (χ1v) is 6.95. The van der Waals surface area contributed by atoms with Crippen molar-refractivity contribution in [2.24, 2.45) is 0 Å². The lowest BCUT2D eigenvalue weighted by Crippen LogP contribution is -1.88. The molecule has 0 amide bonds. The van der Waals surface area contributed by atoms with Crippen molar-refractivity contribution in [1.29, 1.82) is 5.26 Å². The predicted molar refractivity (Wildman–Crippen MR) is 86.9 cm³/mol. The largest absolute Gasteiger partial charge is 0.298 e. The third-order valence-electron chi connectivity index (χ3n) is 3.41. The maximum absolute atomic E-state index is 11.4. The monoisotopic (exact) mass is 300 g/mol. The van der Waals surface area contributed by atoms with Gasteiger partial charge in [-0.1, -0.05) is 59.8 Å². The third kappa shape index (κ3) is 3.06. The molecule has 5 heteroatoms. The minimum atomic E-state index is 0.244. The lowest BCUT2D eigenvalue weighted by Gasteiger charge is -2.03. The van der Waals surface area contributed by atoms with E-state index in [4.69, 9.17) is 5.26 Å². The molecular formula is C18H12N4O. The van der Waals surface area contributed by atoms with E-state index >= 15 is 0 Å². The normalized spacial score (nSPS) is 11.0. The van der Waals surface area contributed by atoms with Crippen LogP contribution in [-0.2, 0) is 4.79 Å². The summed E-state index contributed by atoms with van der Waals surface area (Å²) >= 11 is 0. The molecule has 0 aliphatic carbocycles. The van der Waals surface area contributed by atoms with Crippen LogP contribution in [0.15, 0.2) is 54.6 Å². The van der Waals surface area contributed by atoms with Gasteiger partial charge in [0.15, 0.2) is 12.0 Å². The first kappa shape index (κ1) is 14.4. The molecule has 0 saturated heterocycles. The molecule has 110 valence electrons. The maximum Gasteiger partial charge on any atom is 0.190 e. The SMILES string of the molecule is N#Cc1nn[nH]c1-c1ccc(C(C=O)=Cc2ccccc2)cc1. The van der Waals surface area contributed by atoms with Crippen LogP contribution in [0.3, 0.4) is 0 Å². The Kier molecular flexibility index (Phi) is 4.07. The third-order valence-corrected chi connectivity index (χ3v) is 3.41. The molecule has 0 fully saturated rings. The zero-order valence-electron chi connectivity index (χ0n) is 12.1. The summed E-state index contributed by atoms with van der Waals surface area (Å²) in [6.07, 6.45) is 2.67. The summed E-state index contributed by atoms with van der Waals surface area (Å²) in [7, 11) is 0. The van der Waals surface area contributed by atoms with Crippen LogP contribution in [0.25, 0.3) is 22.9 Å². The Hall–Kier alpha value is -3.52. The van der Waals surface area contributed by atoms with E-state index in [1.54, 1.807) is 0 Å². The number of carbonyl (C=O) groups is 1. The van der Waals surface area contributed by atoms with Crippen molar-refractivity contribution in [2.75, 3.05) is 0 Å². The molecule has 0 spiro atoms. The van der Waals surface area contributed by atoms with Crippen LogP contribution in [0, 0.1) is 11.3 Å². The standard InChI is InChI=1S/C18H12N4O/c19-11-17-18(21-22-20-17)15-8-6-14(7-9-15)16(12-23)10-13-4-2-1-3-5-13/h1-10,12H,(H,20,21,22). The summed E-state index contributed by atoms with van der Waals surface area (Å²) < 4.78 is 0. The Morgan fingerprint density at radius 1 is 1.09 bits per heavy atom. The second-order valence-corrected chi connectivity index (χ2v) is 4.85. The average molecular weight is 300 g/mol. The number of aldehydes is 1. The lowest BCUT2D eigenvalue weighted by molar-refractivity contribution is -0.103. The highest BCUT2D eigenvalue weighted by Gasteiger charge is 2.09. The van der Waals surface area contributed by atoms with Gasteiger partial charge in [-0.2, -0.15) is 5.26 Å². The first-order chi connectivity index (χ1) is 11.3. The Bertz CT molecular complexity index is 887. The molecule has 1 heterocycles. The number of aromatic nitrogens is 3. The van der Waals surface area contributed by atoms with Crippen molar-refractivity contribution >= 4 is 17.9 Å². The van der Waals surface area contributed by atoms with Gasteiger partial charge in [0.05, 0.1) is 0 Å². The van der Waals surface area contributed by atoms with Gasteiger partial charge in [-0.15, -0.1) is 5.10 Å². The van der Waals surface area contributed by atoms with Crippen LogP contribution in [0.1, 0.15) is 16.8 Å². The van der Waals surface area contributed by atoms with Gasteiger partial charge in [-0.05, 0) is 17.2 Å². The van der Waals surface area contributed by atoms with E-state index in [2.05, 4.69) is 15.4 Å². The summed E-state index contributed by atoms with van der Waals surface area (Å²) in [5.74, 6) is 0. The molecule has 3 aromatic rings. The van der Waals surface area contributed by atoms with Crippen molar-refractivity contribution in [2.45, 2.75) is 0 Å². The van der Waals surface area contributed by atoms with Gasteiger partial charge in [-0.25, -0.2) is 0 Å². The zero-order valence-corrected chi connectivity index (χ0v) is 12.1. The summed E-state index contributed by atoms with van der Waals surface area (Å²) in [5, 5.41) is 19.0. The second-order valence-electron chi connectivity index (χ2n) is 4.85. The molecule has 0 aliphatic heterocycles. The van der Waals surface area contributed by atoms with E-state index < -0.39 is 0 Å². The Morgan fingerprint density at radius 2 is 1.83 bits per heavy atom. The number of allylic oxidation sites excluding steroid dienone is 1. The van der Waals surface area contributed by atoms with Crippen molar-refractivity contribution in [1.82, 2.24) is 15.4 Å². The number of nitriles is 1. The molecule has 1 aromatic heterocycles. The van der Waals surface area contributed by atoms with E-state index in [1.807, 2.05) is 66.7 Å². The van der Waals surface area contributed by atoms with Gasteiger partial charge in [-0.3, -0.25) is 9.89 Å². The highest BCUT2D eigenvalue weighted by atomic mass is 16.1. The maximum atomic E-state index is 11.4. The lowest BCUT2D eigenvalue weighted by atomic mass is 10.0. The number of carbonyl (C=O) groups excluding carboxylic acids is 1. The summed E-state index contributed by atoms with van der Waals surface area (Å²) in [6, 6.07) is 19.0. The number of benzene rings is 2. The summed E-state index contributed by atoms with van der Waals surface area (Å²) in [6.45, 7) is 0. The topological polar surface area (TPSA) is 82.4 Å². The van der Waals surface area contributed by atoms with Crippen molar-refractivity contribution in [3.63, 3.8) is 0 Å². The first-order valence-electron chi connectivity index (χ1n) is 6.95. The average Bonchev–Trinajstić information content (AvgIpc) is 3.09. The molecule has 0 saturated carbocycles. The number of rotatable bonds is 4. The molecule has 0 radical (unpaired) electrons. The highest BCUT2D eigenvalue weighted by molar-refractivity contribution is 6.13. The Labute approximate surface area is 132 Å². The number of H-pyrrole nitrogens is 1. The fourth-order valence-electron chi connectivity index (χ4n) is 2.25. The number of nitrogens with one attached hydrogen (secondary N) is 1. The molecule has 23 heavy (non-hydrogen) atoms. The molecule has 0 aliphatic rings. The Morgan fingerprint density at radius 3 is 2.48 bits per heavy atom. The van der Waals surface area contributed by atoms with Crippen molar-refractivity contribution in [3.8, 4) is 17.3 Å². The van der Waals surface area contributed by atoms with E-state index in [0.29, 0.717) is 11.3 Å². The van der Waals surface area contributed by atoms with Gasteiger partial charge < -0.3 is 0 Å². The molecule has 3 rings (SSSR count). The molecule has 0 bridgehead atoms. The van der Waals surface area contributed by atoms with Crippen molar-refractivity contribution < 1.29 is 4.79 Å². The van der Waals surface area contributed by atoms with E-state index in [1.165, 1.54) is 0 Å². The fourth-order valence-corrected chi connectivity index (χ4v) is 2.25. The molecule has 5 nitrogen and oxygen atoms in total. The molecule has 0 unspecified atom stereocenters. The minimum absolute atomic E-state index is 0.244. The number of hydrogen-bond donors (Lipinski definition) is 1. The smallest absolute Gasteiger partial charge is 0.190 e. The zero-order chi connectivity index (χ0) is 16.1. The van der Waals surface area contributed by atoms with E-state index in [9.17, 15) is 4.79 Å². The number of nitrogens with zero attached hydrogens (tertiary/aromatic N) is 3. The summed E-state index contributed by atoms with van der Waals surface area (Å²) in [4.78, 5) is 11.4. The van der Waals surface area contributed by atoms with Crippen LogP contribution in [0.4, 0.5) is 0 Å². The van der Waals surface area contributed by atoms with Crippen LogP contribution in [0.2, 0.25) is 0 Å².